The van der Waals surface area contributed by atoms with Crippen LogP contribution in [0.1, 0.15) is 53.9 Å². The summed E-state index contributed by atoms with van der Waals surface area (Å²) in [5, 5.41) is 3.08. The second-order valence-electron chi connectivity index (χ2n) is 9.06. The maximum absolute atomic E-state index is 12.7. The average Bonchev–Trinajstić information content (AvgIpc) is 3.11. The fraction of sp³-hybridized carbons (Fsp3) is 0.500. The largest absolute Gasteiger partial charge is 0.493 e. The first-order chi connectivity index (χ1) is 13.5. The van der Waals surface area contributed by atoms with Crippen LogP contribution < -0.4 is 10.1 Å². The Labute approximate surface area is 174 Å². The summed E-state index contributed by atoms with van der Waals surface area (Å²) in [6, 6.07) is 7.77. The number of amides is 1. The van der Waals surface area contributed by atoms with Crippen LogP contribution in [-0.2, 0) is 24.0 Å². The van der Waals surface area contributed by atoms with E-state index >= 15 is 0 Å². The van der Waals surface area contributed by atoms with Crippen molar-refractivity contribution < 1.29 is 14.0 Å². The summed E-state index contributed by atoms with van der Waals surface area (Å²) in [7, 11) is -1.89. The highest BCUT2D eigenvalue weighted by Crippen LogP contribution is 2.37. The molecular formula is C22H31N3O3Si. The molecule has 0 fully saturated rings. The van der Waals surface area contributed by atoms with E-state index in [-0.39, 0.29) is 10.9 Å². The van der Waals surface area contributed by atoms with Gasteiger partial charge < -0.3 is 14.5 Å². The third-order valence-corrected chi connectivity index (χ3v) is 10.2. The van der Waals surface area contributed by atoms with Gasteiger partial charge in [-0.3, -0.25) is 4.79 Å². The Hall–Kier alpha value is -2.25. The van der Waals surface area contributed by atoms with Gasteiger partial charge in [-0.1, -0.05) is 32.9 Å². The number of rotatable bonds is 6. The van der Waals surface area contributed by atoms with Crippen molar-refractivity contribution in [3.63, 3.8) is 0 Å². The Morgan fingerprint density at radius 1 is 1.24 bits per heavy atom. The van der Waals surface area contributed by atoms with E-state index in [1.807, 2.05) is 12.1 Å². The van der Waals surface area contributed by atoms with Crippen LogP contribution in [0.2, 0.25) is 18.1 Å². The normalized spacial score (nSPS) is 13.7. The molecule has 7 heteroatoms. The predicted octanol–water partition coefficient (Wildman–Crippen LogP) is 4.17. The summed E-state index contributed by atoms with van der Waals surface area (Å²) in [5.41, 5.74) is 3.35. The highest BCUT2D eigenvalue weighted by Gasteiger charge is 2.37. The van der Waals surface area contributed by atoms with Crippen molar-refractivity contribution >= 4 is 14.2 Å². The molecule has 1 aliphatic heterocycles. The lowest BCUT2D eigenvalue weighted by Crippen LogP contribution is -2.40. The lowest BCUT2D eigenvalue weighted by Gasteiger charge is -2.36. The Kier molecular flexibility index (Phi) is 6.10. The first-order valence-electron chi connectivity index (χ1n) is 10.1. The zero-order chi connectivity index (χ0) is 21.2. The predicted molar refractivity (Wildman–Crippen MR) is 116 cm³/mol. The van der Waals surface area contributed by atoms with Crippen molar-refractivity contribution in [2.45, 2.75) is 65.4 Å². The molecule has 1 aromatic carbocycles. The molecule has 1 aromatic heterocycles. The quantitative estimate of drug-likeness (QED) is 0.720. The van der Waals surface area contributed by atoms with Gasteiger partial charge in [0.15, 0.2) is 8.32 Å². The topological polar surface area (TPSA) is 73.3 Å². The molecule has 3 rings (SSSR count). The maximum atomic E-state index is 12.7. The monoisotopic (exact) mass is 413 g/mol. The first kappa shape index (κ1) is 21.5. The van der Waals surface area contributed by atoms with Crippen molar-refractivity contribution in [1.29, 1.82) is 0 Å². The van der Waals surface area contributed by atoms with Crippen molar-refractivity contribution in [2.75, 3.05) is 6.61 Å². The molecule has 29 heavy (non-hydrogen) atoms. The van der Waals surface area contributed by atoms with Crippen molar-refractivity contribution in [1.82, 2.24) is 15.3 Å². The molecule has 1 N–H and O–H groups in total. The molecule has 1 aliphatic rings. The molecule has 0 atom stereocenters. The second kappa shape index (κ2) is 8.24. The molecule has 2 aromatic rings. The van der Waals surface area contributed by atoms with Gasteiger partial charge >= 0.3 is 0 Å². The lowest BCUT2D eigenvalue weighted by atomic mass is 10.1. The molecule has 6 nitrogen and oxygen atoms in total. The number of carbonyl (C=O) groups excluding carboxylic acids is 1. The van der Waals surface area contributed by atoms with E-state index in [4.69, 9.17) is 9.16 Å². The molecular weight excluding hydrogens is 382 g/mol. The van der Waals surface area contributed by atoms with Gasteiger partial charge in [0.25, 0.3) is 5.91 Å². The van der Waals surface area contributed by atoms with Gasteiger partial charge in [0.2, 0.25) is 0 Å². The number of nitrogens with zero attached hydrogens (tertiary/aromatic N) is 2. The summed E-state index contributed by atoms with van der Waals surface area (Å²) in [6.07, 6.45) is 0.916. The summed E-state index contributed by atoms with van der Waals surface area (Å²) >= 11 is 0. The Morgan fingerprint density at radius 2 is 2.00 bits per heavy atom. The van der Waals surface area contributed by atoms with E-state index in [1.54, 1.807) is 13.0 Å². The summed E-state index contributed by atoms with van der Waals surface area (Å²) < 4.78 is 11.8. The van der Waals surface area contributed by atoms with Crippen LogP contribution in [0, 0.1) is 6.92 Å². The van der Waals surface area contributed by atoms with Gasteiger partial charge in [-0.05, 0) is 48.3 Å². The van der Waals surface area contributed by atoms with Crippen LogP contribution in [-0.4, -0.2) is 30.8 Å². The lowest BCUT2D eigenvalue weighted by molar-refractivity contribution is 0.0945. The minimum Gasteiger partial charge on any atom is -0.493 e. The third-order valence-electron chi connectivity index (χ3n) is 5.72. The maximum Gasteiger partial charge on any atom is 0.270 e. The van der Waals surface area contributed by atoms with Crippen molar-refractivity contribution in [2.24, 2.45) is 0 Å². The average molecular weight is 414 g/mol. The molecule has 156 valence electrons. The number of hydrogen-bond donors (Lipinski definition) is 1. The summed E-state index contributed by atoms with van der Waals surface area (Å²) in [4.78, 5) is 21.4. The third kappa shape index (κ3) is 5.22. The van der Waals surface area contributed by atoms with Crippen LogP contribution in [0.5, 0.6) is 5.75 Å². The number of aryl methyl sites for hydroxylation is 1. The Morgan fingerprint density at radius 3 is 2.72 bits per heavy atom. The molecule has 0 unspecified atom stereocenters. The molecule has 0 saturated carbocycles. The standard InChI is InChI=1S/C22H31N3O3Si/c1-15-24-18(14-28-29(5,6)22(2,3)4)12-19(25-15)21(26)23-13-16-7-8-20-17(11-16)9-10-27-20/h7-8,11-12H,9-10,13-14H2,1-6H3,(H,23,26). The van der Waals surface area contributed by atoms with Gasteiger partial charge in [0, 0.05) is 13.0 Å². The molecule has 2 heterocycles. The van der Waals surface area contributed by atoms with Crippen molar-refractivity contribution in [3.8, 4) is 5.75 Å². The zero-order valence-electron chi connectivity index (χ0n) is 18.3. The van der Waals surface area contributed by atoms with E-state index in [0.29, 0.717) is 24.7 Å². The SMILES string of the molecule is Cc1nc(CO[Si](C)(C)C(C)(C)C)cc(C(=O)NCc2ccc3c(c2)CCO3)n1. The van der Waals surface area contributed by atoms with E-state index in [2.05, 4.69) is 55.2 Å². The van der Waals surface area contributed by atoms with E-state index in [1.165, 1.54) is 5.56 Å². The van der Waals surface area contributed by atoms with E-state index in [9.17, 15) is 4.79 Å². The number of benzene rings is 1. The van der Waals surface area contributed by atoms with Gasteiger partial charge in [-0.2, -0.15) is 0 Å². The number of aromatic nitrogens is 2. The number of nitrogens with one attached hydrogen (secondary N) is 1. The van der Waals surface area contributed by atoms with Gasteiger partial charge in [-0.25, -0.2) is 9.97 Å². The minimum atomic E-state index is -1.89. The zero-order valence-corrected chi connectivity index (χ0v) is 19.3. The van der Waals surface area contributed by atoms with Gasteiger partial charge in [0.05, 0.1) is 18.9 Å². The van der Waals surface area contributed by atoms with Crippen LogP contribution in [0.3, 0.4) is 0 Å². The smallest absolute Gasteiger partial charge is 0.270 e. The molecule has 0 bridgehead atoms. The highest BCUT2D eigenvalue weighted by atomic mass is 28.4. The number of carbonyl (C=O) groups is 1. The Bertz CT molecular complexity index is 907. The molecule has 0 radical (unpaired) electrons. The first-order valence-corrected chi connectivity index (χ1v) is 13.0. The van der Waals surface area contributed by atoms with E-state index < -0.39 is 8.32 Å². The second-order valence-corrected chi connectivity index (χ2v) is 13.9. The fourth-order valence-electron chi connectivity index (χ4n) is 2.91. The van der Waals surface area contributed by atoms with Crippen molar-refractivity contribution in [3.05, 3.63) is 52.6 Å². The van der Waals surface area contributed by atoms with Gasteiger partial charge in [0.1, 0.15) is 17.3 Å². The number of fused-ring (bicyclic) bond motifs is 1. The molecule has 0 spiro atoms. The molecule has 0 saturated heterocycles. The van der Waals surface area contributed by atoms with Crippen LogP contribution in [0.4, 0.5) is 0 Å². The fourth-order valence-corrected chi connectivity index (χ4v) is 3.86. The Balaban J connectivity index is 1.65. The van der Waals surface area contributed by atoms with E-state index in [0.717, 1.165) is 30.0 Å². The van der Waals surface area contributed by atoms with Crippen LogP contribution in [0.25, 0.3) is 0 Å². The number of ether oxygens (including phenoxy) is 1. The minimum absolute atomic E-state index is 0.121. The van der Waals surface area contributed by atoms with Gasteiger partial charge in [-0.15, -0.1) is 0 Å². The van der Waals surface area contributed by atoms with Crippen LogP contribution >= 0.6 is 0 Å². The van der Waals surface area contributed by atoms with Crippen LogP contribution in [0.15, 0.2) is 24.3 Å². The number of hydrogen-bond acceptors (Lipinski definition) is 5. The summed E-state index contributed by atoms with van der Waals surface area (Å²) in [5.74, 6) is 1.31. The highest BCUT2D eigenvalue weighted by molar-refractivity contribution is 6.74. The molecule has 1 amide bonds. The summed E-state index contributed by atoms with van der Waals surface area (Å²) in [6.45, 7) is 14.4. The molecule has 0 aliphatic carbocycles.